The van der Waals surface area contributed by atoms with Gasteiger partial charge >= 0.3 is 0 Å². The highest BCUT2D eigenvalue weighted by Gasteiger charge is 2.31. The monoisotopic (exact) mass is 551 g/mol. The maximum atomic E-state index is 13.2. The zero-order valence-electron chi connectivity index (χ0n) is 23.6. The van der Waals surface area contributed by atoms with Gasteiger partial charge in [0, 0.05) is 28.2 Å². The fourth-order valence-corrected chi connectivity index (χ4v) is 5.78. The van der Waals surface area contributed by atoms with Crippen LogP contribution in [0.2, 0.25) is 0 Å². The number of para-hydroxylation sites is 2. The molecule has 0 N–H and O–H groups in total. The average molecular weight is 552 g/mol. The molecule has 6 aromatic rings. The smallest absolute Gasteiger partial charge is 0.278 e. The summed E-state index contributed by atoms with van der Waals surface area (Å²) in [4.78, 5) is 15.5. The van der Waals surface area contributed by atoms with Crippen molar-refractivity contribution in [1.82, 2.24) is 9.78 Å². The van der Waals surface area contributed by atoms with Gasteiger partial charge in [-0.1, -0.05) is 48.5 Å². The average Bonchev–Trinajstić information content (AvgIpc) is 3.62. The first-order chi connectivity index (χ1) is 20.5. The van der Waals surface area contributed by atoms with E-state index in [1.165, 1.54) is 10.2 Å². The van der Waals surface area contributed by atoms with E-state index < -0.39 is 0 Å². The summed E-state index contributed by atoms with van der Waals surface area (Å²) in [5.74, 6) is 1.44. The molecule has 42 heavy (non-hydrogen) atoms. The van der Waals surface area contributed by atoms with Crippen molar-refractivity contribution in [2.24, 2.45) is 0 Å². The Morgan fingerprint density at radius 2 is 1.60 bits per heavy atom. The molecule has 0 saturated carbocycles. The summed E-state index contributed by atoms with van der Waals surface area (Å²) >= 11 is 0. The van der Waals surface area contributed by atoms with Crippen molar-refractivity contribution in [3.8, 4) is 5.75 Å². The van der Waals surface area contributed by atoms with Gasteiger partial charge in [-0.25, -0.2) is 4.68 Å². The normalized spacial score (nSPS) is 14.5. The topological polar surface area (TPSA) is 60.5 Å². The Kier molecular flexibility index (Phi) is 6.24. The largest absolute Gasteiger partial charge is 0.497 e. The number of hydrogen-bond acceptors (Lipinski definition) is 5. The van der Waals surface area contributed by atoms with Gasteiger partial charge in [-0.3, -0.25) is 4.79 Å². The number of allylic oxidation sites excluding steroid dienone is 1. The van der Waals surface area contributed by atoms with Crippen LogP contribution in [0.5, 0.6) is 5.75 Å². The lowest BCUT2D eigenvalue weighted by molar-refractivity contribution is 0.0942. The van der Waals surface area contributed by atoms with Crippen molar-refractivity contribution >= 4 is 33.9 Å². The molecule has 0 bridgehead atoms. The number of rotatable bonds is 5. The molecule has 206 valence electrons. The fourth-order valence-electron chi connectivity index (χ4n) is 5.78. The summed E-state index contributed by atoms with van der Waals surface area (Å²) in [6.45, 7) is 3.78. The molecule has 1 unspecified atom stereocenters. The summed E-state index contributed by atoms with van der Waals surface area (Å²) in [5, 5.41) is 5.42. The maximum absolute atomic E-state index is 13.2. The molecule has 6 heteroatoms. The standard InChI is InChI=1S/C36H29N3O3/c1-23-20-24(2)39(37-23)36(40)26-12-16-28(17-13-26)38-32-10-6-5-9-30(32)31(25-14-18-29(41-3)19-15-25)22-33(38)35-21-27-8-4-7-11-34(27)42-35/h4-22,31H,1-3H3. The number of aromatic nitrogens is 2. The molecule has 0 fully saturated rings. The van der Waals surface area contributed by atoms with E-state index in [0.717, 1.165) is 56.5 Å². The molecule has 0 radical (unpaired) electrons. The highest BCUT2D eigenvalue weighted by atomic mass is 16.5. The Balaban J connectivity index is 1.37. The molecule has 0 saturated heterocycles. The first-order valence-electron chi connectivity index (χ1n) is 13.9. The summed E-state index contributed by atoms with van der Waals surface area (Å²) in [6.07, 6.45) is 2.26. The maximum Gasteiger partial charge on any atom is 0.278 e. The van der Waals surface area contributed by atoms with Crippen molar-refractivity contribution in [3.05, 3.63) is 149 Å². The Bertz CT molecular complexity index is 1930. The summed E-state index contributed by atoms with van der Waals surface area (Å²) in [6, 6.07) is 36.4. The van der Waals surface area contributed by atoms with Crippen LogP contribution in [-0.2, 0) is 0 Å². The number of carbonyl (C=O) groups excluding carboxylic acids is 1. The Morgan fingerprint density at radius 1 is 0.857 bits per heavy atom. The lowest BCUT2D eigenvalue weighted by Crippen LogP contribution is -2.23. The van der Waals surface area contributed by atoms with Gasteiger partial charge in [-0.2, -0.15) is 5.10 Å². The van der Waals surface area contributed by atoms with Crippen LogP contribution in [0.3, 0.4) is 0 Å². The third-order valence-electron chi connectivity index (χ3n) is 7.81. The highest BCUT2D eigenvalue weighted by molar-refractivity contribution is 5.98. The molecule has 0 spiro atoms. The van der Waals surface area contributed by atoms with Crippen LogP contribution in [0.1, 0.15) is 44.6 Å². The minimum Gasteiger partial charge on any atom is -0.497 e. The van der Waals surface area contributed by atoms with Crippen LogP contribution in [0.4, 0.5) is 11.4 Å². The molecule has 4 aromatic carbocycles. The fraction of sp³-hybridized carbons (Fsp3) is 0.111. The predicted molar refractivity (Wildman–Crippen MR) is 165 cm³/mol. The van der Waals surface area contributed by atoms with Gasteiger partial charge in [0.25, 0.3) is 5.91 Å². The molecule has 2 aromatic heterocycles. The quantitative estimate of drug-likeness (QED) is 0.216. The Labute approximate surface area is 244 Å². The van der Waals surface area contributed by atoms with Crippen LogP contribution < -0.4 is 9.64 Å². The van der Waals surface area contributed by atoms with Crippen LogP contribution in [-0.4, -0.2) is 22.8 Å². The third-order valence-corrected chi connectivity index (χ3v) is 7.81. The third kappa shape index (κ3) is 4.38. The summed E-state index contributed by atoms with van der Waals surface area (Å²) < 4.78 is 13.3. The Hall–Kier alpha value is -5.36. The SMILES string of the molecule is COc1ccc(C2C=C(c3cc4ccccc4o3)N(c3ccc(C(=O)n4nc(C)cc4C)cc3)c3ccccc32)cc1. The van der Waals surface area contributed by atoms with Gasteiger partial charge in [0.05, 0.1) is 24.2 Å². The minimum atomic E-state index is -0.154. The molecule has 1 aliphatic heterocycles. The number of ether oxygens (including phenoxy) is 1. The van der Waals surface area contributed by atoms with Gasteiger partial charge < -0.3 is 14.1 Å². The van der Waals surface area contributed by atoms with Gasteiger partial charge in [0.15, 0.2) is 5.76 Å². The van der Waals surface area contributed by atoms with Gasteiger partial charge in [-0.05, 0) is 91.7 Å². The first-order valence-corrected chi connectivity index (χ1v) is 13.9. The molecule has 7 rings (SSSR count). The van der Waals surface area contributed by atoms with E-state index in [1.54, 1.807) is 7.11 Å². The van der Waals surface area contributed by atoms with Crippen molar-refractivity contribution in [1.29, 1.82) is 0 Å². The van der Waals surface area contributed by atoms with E-state index in [1.807, 2.05) is 74.5 Å². The van der Waals surface area contributed by atoms with Crippen molar-refractivity contribution in [3.63, 3.8) is 0 Å². The van der Waals surface area contributed by atoms with Gasteiger partial charge in [0.2, 0.25) is 0 Å². The first kappa shape index (κ1) is 25.6. The van der Waals surface area contributed by atoms with E-state index in [0.29, 0.717) is 5.56 Å². The number of fused-ring (bicyclic) bond motifs is 2. The molecule has 3 heterocycles. The van der Waals surface area contributed by atoms with Crippen LogP contribution in [0.15, 0.2) is 120 Å². The number of furan rings is 1. The van der Waals surface area contributed by atoms with Crippen molar-refractivity contribution < 1.29 is 13.9 Å². The number of nitrogens with zero attached hydrogens (tertiary/aromatic N) is 3. The molecular weight excluding hydrogens is 522 g/mol. The summed E-state index contributed by atoms with van der Waals surface area (Å²) in [5.41, 5.74) is 8.26. The zero-order chi connectivity index (χ0) is 28.8. The van der Waals surface area contributed by atoms with E-state index in [9.17, 15) is 4.79 Å². The van der Waals surface area contributed by atoms with Gasteiger partial charge in [0.1, 0.15) is 11.3 Å². The number of methoxy groups -OCH3 is 1. The second-order valence-electron chi connectivity index (χ2n) is 10.5. The van der Waals surface area contributed by atoms with E-state index in [2.05, 4.69) is 64.6 Å². The number of carbonyl (C=O) groups is 1. The van der Waals surface area contributed by atoms with Crippen molar-refractivity contribution in [2.75, 3.05) is 12.0 Å². The Morgan fingerprint density at radius 3 is 2.31 bits per heavy atom. The lowest BCUT2D eigenvalue weighted by Gasteiger charge is -2.35. The van der Waals surface area contributed by atoms with Crippen LogP contribution in [0.25, 0.3) is 16.7 Å². The number of hydrogen-bond donors (Lipinski definition) is 0. The lowest BCUT2D eigenvalue weighted by atomic mass is 9.85. The highest BCUT2D eigenvalue weighted by Crippen LogP contribution is 2.47. The zero-order valence-corrected chi connectivity index (χ0v) is 23.6. The minimum absolute atomic E-state index is 0.00144. The predicted octanol–water partition coefficient (Wildman–Crippen LogP) is 8.27. The molecule has 0 aliphatic carbocycles. The van der Waals surface area contributed by atoms with Gasteiger partial charge in [-0.15, -0.1) is 0 Å². The molecule has 0 amide bonds. The second kappa shape index (κ2) is 10.2. The summed E-state index contributed by atoms with van der Waals surface area (Å²) in [7, 11) is 1.68. The second-order valence-corrected chi connectivity index (χ2v) is 10.5. The number of anilines is 2. The van der Waals surface area contributed by atoms with Crippen LogP contribution >= 0.6 is 0 Å². The van der Waals surface area contributed by atoms with Crippen LogP contribution in [0, 0.1) is 13.8 Å². The molecule has 1 atom stereocenters. The van der Waals surface area contributed by atoms with Crippen molar-refractivity contribution in [2.45, 2.75) is 19.8 Å². The van der Waals surface area contributed by atoms with E-state index >= 15 is 0 Å². The molecule has 1 aliphatic rings. The van der Waals surface area contributed by atoms with E-state index in [4.69, 9.17) is 9.15 Å². The van der Waals surface area contributed by atoms with E-state index in [-0.39, 0.29) is 11.8 Å². The molecular formula is C36H29N3O3. The molecule has 6 nitrogen and oxygen atoms in total. The number of aryl methyl sites for hydroxylation is 2. The number of benzene rings is 4.